The highest BCUT2D eigenvalue weighted by atomic mass is 32.2. The average Bonchev–Trinajstić information content (AvgIpc) is 3.29. The zero-order valence-electron chi connectivity index (χ0n) is 18.8. The third-order valence-electron chi connectivity index (χ3n) is 7.30. The van der Waals surface area contributed by atoms with Crippen LogP contribution in [0.25, 0.3) is 0 Å². The first-order valence-electron chi connectivity index (χ1n) is 11.5. The number of thioether (sulfide) groups is 1. The number of likely N-dealkylation sites (tertiary alicyclic amines) is 1. The fourth-order valence-electron chi connectivity index (χ4n) is 5.92. The van der Waals surface area contributed by atoms with E-state index in [0.717, 1.165) is 32.1 Å². The number of unbranched alkanes of at least 4 members (excludes halogenated alkanes) is 3. The first-order chi connectivity index (χ1) is 14.7. The van der Waals surface area contributed by atoms with Crippen LogP contribution in [0.4, 0.5) is 0 Å². The van der Waals surface area contributed by atoms with Gasteiger partial charge in [0.15, 0.2) is 0 Å². The summed E-state index contributed by atoms with van der Waals surface area (Å²) in [5.74, 6) is -2.46. The predicted octanol–water partition coefficient (Wildman–Crippen LogP) is 2.38. The number of carboxylic acids is 1. The summed E-state index contributed by atoms with van der Waals surface area (Å²) in [5.41, 5.74) is 0. The van der Waals surface area contributed by atoms with E-state index in [1.165, 1.54) is 0 Å². The molecule has 0 aromatic heterocycles. The molecule has 2 N–H and O–H groups in total. The topological polar surface area (TPSA) is 98.2 Å². The van der Waals surface area contributed by atoms with Crippen LogP contribution in [-0.2, 0) is 14.4 Å². The van der Waals surface area contributed by atoms with Gasteiger partial charge in [-0.3, -0.25) is 14.4 Å². The van der Waals surface area contributed by atoms with Crippen molar-refractivity contribution in [2.24, 2.45) is 17.8 Å². The van der Waals surface area contributed by atoms with Gasteiger partial charge in [-0.15, -0.1) is 18.3 Å². The van der Waals surface area contributed by atoms with Crippen LogP contribution in [0.1, 0.15) is 52.9 Å². The fourth-order valence-corrected chi connectivity index (χ4v) is 8.33. The van der Waals surface area contributed by atoms with Crippen molar-refractivity contribution in [3.63, 3.8) is 0 Å². The number of carbonyl (C=O) groups is 3. The van der Waals surface area contributed by atoms with Crippen molar-refractivity contribution in [1.29, 1.82) is 0 Å². The molecule has 0 radical (unpaired) electrons. The highest BCUT2D eigenvalue weighted by molar-refractivity contribution is 8.02. The van der Waals surface area contributed by atoms with Gasteiger partial charge in [-0.2, -0.15) is 0 Å². The Morgan fingerprint density at radius 2 is 2.00 bits per heavy atom. The Balaban J connectivity index is 1.97. The van der Waals surface area contributed by atoms with Crippen LogP contribution < -0.4 is 0 Å². The fraction of sp³-hybridized carbons (Fsp3) is 0.783. The van der Waals surface area contributed by atoms with Gasteiger partial charge in [0.05, 0.1) is 16.6 Å². The number of hydrogen-bond donors (Lipinski definition) is 2. The van der Waals surface area contributed by atoms with Crippen molar-refractivity contribution in [3.05, 3.63) is 12.7 Å². The number of aliphatic hydroxyl groups is 1. The Morgan fingerprint density at radius 1 is 1.32 bits per heavy atom. The van der Waals surface area contributed by atoms with E-state index in [-0.39, 0.29) is 35.6 Å². The van der Waals surface area contributed by atoms with Gasteiger partial charge in [0.2, 0.25) is 11.8 Å². The van der Waals surface area contributed by atoms with Crippen molar-refractivity contribution < 1.29 is 24.6 Å². The number of aliphatic carboxylic acids is 1. The van der Waals surface area contributed by atoms with Gasteiger partial charge in [0.1, 0.15) is 6.04 Å². The SMILES string of the molecule is C=CCN(C(=O)C1N(CCCCCCO)C(=O)[C@@H]2[C@@H](C(=O)O)[C@H]3CC(C)C12S3)C(C)C. The van der Waals surface area contributed by atoms with Crippen LogP contribution in [0.3, 0.4) is 0 Å². The Kier molecular flexibility index (Phi) is 7.41. The lowest BCUT2D eigenvalue weighted by molar-refractivity contribution is -0.149. The van der Waals surface area contributed by atoms with Gasteiger partial charge in [-0.1, -0.05) is 25.8 Å². The number of hydrogen-bond acceptors (Lipinski definition) is 5. The zero-order valence-corrected chi connectivity index (χ0v) is 19.6. The van der Waals surface area contributed by atoms with Crippen LogP contribution >= 0.6 is 11.8 Å². The van der Waals surface area contributed by atoms with E-state index in [1.54, 1.807) is 27.6 Å². The van der Waals surface area contributed by atoms with Gasteiger partial charge in [0, 0.05) is 31.0 Å². The molecule has 0 aromatic carbocycles. The number of fused-ring (bicyclic) bond motifs is 1. The molecule has 2 bridgehead atoms. The van der Waals surface area contributed by atoms with Gasteiger partial charge >= 0.3 is 5.97 Å². The summed E-state index contributed by atoms with van der Waals surface area (Å²) in [7, 11) is 0. The lowest BCUT2D eigenvalue weighted by atomic mass is 9.66. The summed E-state index contributed by atoms with van der Waals surface area (Å²) in [5, 5.41) is 18.8. The van der Waals surface area contributed by atoms with Crippen molar-refractivity contribution in [1.82, 2.24) is 9.80 Å². The third kappa shape index (κ3) is 3.90. The van der Waals surface area contributed by atoms with Crippen LogP contribution in [0, 0.1) is 17.8 Å². The molecule has 3 unspecified atom stereocenters. The molecule has 8 heteroatoms. The number of nitrogens with zero attached hydrogens (tertiary/aromatic N) is 2. The molecule has 0 saturated carbocycles. The van der Waals surface area contributed by atoms with Gasteiger partial charge in [-0.05, 0) is 39.0 Å². The number of carbonyl (C=O) groups excluding carboxylic acids is 2. The molecule has 3 rings (SSSR count). The second-order valence-electron chi connectivity index (χ2n) is 9.43. The van der Waals surface area contributed by atoms with E-state index in [0.29, 0.717) is 13.1 Å². The molecule has 31 heavy (non-hydrogen) atoms. The molecule has 174 valence electrons. The summed E-state index contributed by atoms with van der Waals surface area (Å²) < 4.78 is -0.679. The molecule has 1 spiro atoms. The van der Waals surface area contributed by atoms with E-state index < -0.39 is 28.6 Å². The summed E-state index contributed by atoms with van der Waals surface area (Å²) in [6, 6.07) is -0.684. The number of amides is 2. The summed E-state index contributed by atoms with van der Waals surface area (Å²) >= 11 is 1.58. The lowest BCUT2D eigenvalue weighted by Gasteiger charge is -2.41. The van der Waals surface area contributed by atoms with E-state index >= 15 is 0 Å². The molecule has 3 saturated heterocycles. The van der Waals surface area contributed by atoms with Crippen LogP contribution in [0.2, 0.25) is 0 Å². The molecule has 2 amide bonds. The summed E-state index contributed by atoms with van der Waals surface area (Å²) in [6.07, 6.45) is 5.61. The Hall–Kier alpha value is -1.54. The van der Waals surface area contributed by atoms with Crippen LogP contribution in [0.15, 0.2) is 12.7 Å². The zero-order chi connectivity index (χ0) is 22.9. The molecule has 0 aliphatic carbocycles. The molecule has 7 nitrogen and oxygen atoms in total. The minimum Gasteiger partial charge on any atom is -0.481 e. The van der Waals surface area contributed by atoms with Crippen molar-refractivity contribution in [3.8, 4) is 0 Å². The Labute approximate surface area is 189 Å². The first-order valence-corrected chi connectivity index (χ1v) is 12.3. The van der Waals surface area contributed by atoms with Crippen LogP contribution in [0.5, 0.6) is 0 Å². The van der Waals surface area contributed by atoms with Gasteiger partial charge in [-0.25, -0.2) is 0 Å². The maximum atomic E-state index is 13.9. The monoisotopic (exact) mass is 452 g/mol. The van der Waals surface area contributed by atoms with E-state index in [9.17, 15) is 19.5 Å². The van der Waals surface area contributed by atoms with Crippen molar-refractivity contribution in [2.45, 2.75) is 75.0 Å². The minimum absolute atomic E-state index is 0.0448. The smallest absolute Gasteiger partial charge is 0.308 e. The van der Waals surface area contributed by atoms with Gasteiger partial charge in [0.25, 0.3) is 0 Å². The normalized spacial score (nSPS) is 33.8. The largest absolute Gasteiger partial charge is 0.481 e. The Morgan fingerprint density at radius 3 is 2.58 bits per heavy atom. The van der Waals surface area contributed by atoms with E-state index in [1.807, 2.05) is 13.8 Å². The van der Waals surface area contributed by atoms with Crippen molar-refractivity contribution >= 4 is 29.5 Å². The first kappa shape index (κ1) is 24.1. The number of aliphatic hydroxyl groups excluding tert-OH is 1. The third-order valence-corrected chi connectivity index (χ3v) is 9.38. The maximum absolute atomic E-state index is 13.9. The molecule has 3 heterocycles. The van der Waals surface area contributed by atoms with Gasteiger partial charge < -0.3 is 20.0 Å². The van der Waals surface area contributed by atoms with Crippen molar-refractivity contribution in [2.75, 3.05) is 19.7 Å². The standard InChI is InChI=1S/C23H36N2O5S/c1-5-10-24(14(2)3)21(28)19-23-15(4)13-16(31-23)17(22(29)30)18(23)20(27)25(19)11-8-6-7-9-12-26/h5,14-19,26H,1,6-13H2,2-4H3,(H,29,30)/t15?,16-,17+,18+,19?,23?/m1/s1. The number of rotatable bonds is 11. The molecule has 3 aliphatic heterocycles. The molecule has 3 fully saturated rings. The highest BCUT2D eigenvalue weighted by Crippen LogP contribution is 2.68. The summed E-state index contributed by atoms with van der Waals surface area (Å²) in [4.78, 5) is 43.1. The molecular formula is C23H36N2O5S. The predicted molar refractivity (Wildman–Crippen MR) is 121 cm³/mol. The van der Waals surface area contributed by atoms with Crippen LogP contribution in [-0.4, -0.2) is 79.6 Å². The second-order valence-corrected chi connectivity index (χ2v) is 11.0. The minimum atomic E-state index is -0.924. The average molecular weight is 453 g/mol. The summed E-state index contributed by atoms with van der Waals surface area (Å²) in [6.45, 7) is 10.8. The quantitative estimate of drug-likeness (QED) is 0.369. The number of carboxylic acid groups (broad SMARTS) is 1. The van der Waals surface area contributed by atoms with E-state index in [2.05, 4.69) is 13.5 Å². The molecule has 6 atom stereocenters. The second kappa shape index (κ2) is 9.53. The molecular weight excluding hydrogens is 416 g/mol. The lowest BCUT2D eigenvalue weighted by Crippen LogP contribution is -2.58. The maximum Gasteiger partial charge on any atom is 0.308 e. The molecule has 0 aromatic rings. The van der Waals surface area contributed by atoms with E-state index in [4.69, 9.17) is 5.11 Å². The highest BCUT2D eigenvalue weighted by Gasteiger charge is 2.76. The molecule has 3 aliphatic rings. The Bertz CT molecular complexity index is 729.